The largest absolute Gasteiger partial charge is 1.00 e. The first-order chi connectivity index (χ1) is 5.95. The number of hydrogen-bond donors (Lipinski definition) is 3. The Balaban J connectivity index is 0.00000169. The van der Waals surface area contributed by atoms with Crippen LogP contribution < -0.4 is 29.6 Å². The van der Waals surface area contributed by atoms with Crippen LogP contribution in [0.5, 0.6) is 0 Å². The molecule has 8 heteroatoms. The molecule has 0 aromatic heterocycles. The molecule has 0 bridgehead atoms. The summed E-state index contributed by atoms with van der Waals surface area (Å²) in [6.45, 7) is 1.42. The van der Waals surface area contributed by atoms with Gasteiger partial charge in [0, 0.05) is 0 Å². The Morgan fingerprint density at radius 1 is 1.21 bits per heavy atom. The van der Waals surface area contributed by atoms with Crippen molar-refractivity contribution >= 4 is 11.1 Å². The summed E-state index contributed by atoms with van der Waals surface area (Å²) in [6, 6.07) is 0. The van der Waals surface area contributed by atoms with E-state index in [9.17, 15) is 19.0 Å². The molecule has 14 heavy (non-hydrogen) atoms. The van der Waals surface area contributed by atoms with E-state index in [4.69, 9.17) is 9.84 Å². The molecule has 78 valence electrons. The number of hydrogen-bond acceptors (Lipinski definition) is 6. The molecule has 1 heterocycles. The van der Waals surface area contributed by atoms with E-state index in [0.29, 0.717) is 0 Å². The van der Waals surface area contributed by atoms with Gasteiger partial charge in [-0.1, -0.05) is 0 Å². The second kappa shape index (κ2) is 5.88. The van der Waals surface area contributed by atoms with Gasteiger partial charge in [-0.25, -0.2) is 0 Å². The van der Waals surface area contributed by atoms with E-state index in [1.54, 1.807) is 0 Å². The van der Waals surface area contributed by atoms with Gasteiger partial charge in [-0.2, -0.15) is 0 Å². The summed E-state index contributed by atoms with van der Waals surface area (Å²) in [5, 5.41) is 27.5. The summed E-state index contributed by atoms with van der Waals surface area (Å²) in [7, 11) is 0. The number of ether oxygens (including phenoxy) is 1. The second-order valence-corrected chi connectivity index (χ2v) is 3.93. The Bertz CT molecular complexity index is 214. The Morgan fingerprint density at radius 3 is 2.14 bits per heavy atom. The molecule has 1 aliphatic rings. The van der Waals surface area contributed by atoms with Gasteiger partial charge in [-0.15, -0.1) is 0 Å². The number of aliphatic hydroxyl groups excluding tert-OH is 3. The SMILES string of the molecule is C[C@@H]1OC(S(=O)[O-])[C@H](O)[C@H](O)[C@H]1O.[Na+]. The van der Waals surface area contributed by atoms with E-state index in [0.717, 1.165) is 0 Å². The Morgan fingerprint density at radius 2 is 1.71 bits per heavy atom. The smallest absolute Gasteiger partial charge is 0.770 e. The molecule has 6 atom stereocenters. The maximum atomic E-state index is 10.5. The van der Waals surface area contributed by atoms with Crippen molar-refractivity contribution in [3.63, 3.8) is 0 Å². The molecule has 0 aromatic rings. The van der Waals surface area contributed by atoms with E-state index in [-0.39, 0.29) is 29.6 Å². The van der Waals surface area contributed by atoms with E-state index in [1.165, 1.54) is 6.92 Å². The molecule has 0 amide bonds. The third-order valence-electron chi connectivity index (χ3n) is 2.00. The van der Waals surface area contributed by atoms with Crippen molar-refractivity contribution in [1.29, 1.82) is 0 Å². The minimum Gasteiger partial charge on any atom is -0.770 e. The third kappa shape index (κ3) is 2.97. The van der Waals surface area contributed by atoms with Crippen LogP contribution in [0.15, 0.2) is 0 Å². The number of aliphatic hydroxyl groups is 3. The van der Waals surface area contributed by atoms with Gasteiger partial charge in [0.25, 0.3) is 0 Å². The van der Waals surface area contributed by atoms with Gasteiger partial charge in [0.15, 0.2) is 0 Å². The van der Waals surface area contributed by atoms with E-state index < -0.39 is 40.9 Å². The van der Waals surface area contributed by atoms with Crippen LogP contribution in [-0.4, -0.2) is 53.9 Å². The summed E-state index contributed by atoms with van der Waals surface area (Å²) < 4.78 is 25.7. The molecule has 1 saturated heterocycles. The molecule has 6 nitrogen and oxygen atoms in total. The summed E-state index contributed by atoms with van der Waals surface area (Å²) in [5.74, 6) is 0. The molecule has 0 saturated carbocycles. The van der Waals surface area contributed by atoms with Crippen LogP contribution in [-0.2, 0) is 15.8 Å². The van der Waals surface area contributed by atoms with Crippen LogP contribution in [0.1, 0.15) is 6.92 Å². The molecule has 0 spiro atoms. The van der Waals surface area contributed by atoms with Crippen molar-refractivity contribution < 1.29 is 58.4 Å². The fraction of sp³-hybridized carbons (Fsp3) is 1.00. The molecular weight excluding hydrogens is 223 g/mol. The molecule has 1 rings (SSSR count). The molecule has 0 aliphatic carbocycles. The van der Waals surface area contributed by atoms with Crippen LogP contribution >= 0.6 is 0 Å². The van der Waals surface area contributed by atoms with Gasteiger partial charge in [0.2, 0.25) is 0 Å². The van der Waals surface area contributed by atoms with Crippen LogP contribution in [0, 0.1) is 0 Å². The van der Waals surface area contributed by atoms with Gasteiger partial charge in [-0.3, -0.25) is 4.21 Å². The summed E-state index contributed by atoms with van der Waals surface area (Å²) >= 11 is -2.63. The van der Waals surface area contributed by atoms with Crippen molar-refractivity contribution in [2.24, 2.45) is 0 Å². The summed E-state index contributed by atoms with van der Waals surface area (Å²) in [4.78, 5) is 0. The Hall–Kier alpha value is 0.950. The Kier molecular flexibility index (Phi) is 6.28. The average molecular weight is 234 g/mol. The van der Waals surface area contributed by atoms with Crippen molar-refractivity contribution in [1.82, 2.24) is 0 Å². The predicted molar refractivity (Wildman–Crippen MR) is 41.3 cm³/mol. The van der Waals surface area contributed by atoms with Gasteiger partial charge < -0.3 is 24.6 Å². The minimum absolute atomic E-state index is 0. The molecule has 0 aromatic carbocycles. The van der Waals surface area contributed by atoms with E-state index >= 15 is 0 Å². The zero-order valence-corrected chi connectivity index (χ0v) is 10.7. The van der Waals surface area contributed by atoms with Crippen molar-refractivity contribution in [2.75, 3.05) is 0 Å². The molecule has 0 radical (unpaired) electrons. The standard InChI is InChI=1S/C6H12O6S.Na/c1-2-3(7)4(8)5(9)6(12-2)13(10)11;/h2-9H,1H3,(H,10,11);/q;+1/p-1/t2-,3-,4+,5+,6?;/m0./s1. The van der Waals surface area contributed by atoms with Crippen molar-refractivity contribution in [3.8, 4) is 0 Å². The van der Waals surface area contributed by atoms with Gasteiger partial charge in [-0.05, 0) is 18.0 Å². The monoisotopic (exact) mass is 234 g/mol. The second-order valence-electron chi connectivity index (χ2n) is 2.94. The Labute approximate surface area is 106 Å². The third-order valence-corrected chi connectivity index (χ3v) is 2.77. The zero-order chi connectivity index (χ0) is 10.2. The first kappa shape index (κ1) is 14.9. The molecule has 2 unspecified atom stereocenters. The van der Waals surface area contributed by atoms with Gasteiger partial charge >= 0.3 is 29.6 Å². The molecule has 1 fully saturated rings. The molecule has 1 aliphatic heterocycles. The fourth-order valence-corrected chi connectivity index (χ4v) is 1.83. The number of rotatable bonds is 1. The average Bonchev–Trinajstić information content (AvgIpc) is 2.07. The van der Waals surface area contributed by atoms with Crippen molar-refractivity contribution in [3.05, 3.63) is 0 Å². The van der Waals surface area contributed by atoms with Gasteiger partial charge in [0.05, 0.1) is 6.10 Å². The first-order valence-electron chi connectivity index (χ1n) is 3.73. The maximum absolute atomic E-state index is 10.5. The predicted octanol–water partition coefficient (Wildman–Crippen LogP) is -5.30. The maximum Gasteiger partial charge on any atom is 1.00 e. The fourth-order valence-electron chi connectivity index (χ4n) is 1.17. The van der Waals surface area contributed by atoms with Crippen LogP contribution in [0.3, 0.4) is 0 Å². The quantitative estimate of drug-likeness (QED) is 0.309. The normalized spacial score (nSPS) is 45.4. The van der Waals surface area contributed by atoms with Crippen molar-refractivity contribution in [2.45, 2.75) is 36.8 Å². The van der Waals surface area contributed by atoms with Crippen LogP contribution in [0.2, 0.25) is 0 Å². The zero-order valence-electron chi connectivity index (χ0n) is 7.86. The first-order valence-corrected chi connectivity index (χ1v) is 4.86. The summed E-state index contributed by atoms with van der Waals surface area (Å²) in [5.41, 5.74) is -1.48. The summed E-state index contributed by atoms with van der Waals surface area (Å²) in [6.07, 6.45) is -5.19. The molecule has 3 N–H and O–H groups in total. The van der Waals surface area contributed by atoms with Crippen LogP contribution in [0.25, 0.3) is 0 Å². The van der Waals surface area contributed by atoms with Gasteiger partial charge in [0.1, 0.15) is 23.7 Å². The van der Waals surface area contributed by atoms with E-state index in [1.807, 2.05) is 0 Å². The topological polar surface area (TPSA) is 110 Å². The minimum atomic E-state index is -2.63. The van der Waals surface area contributed by atoms with E-state index in [2.05, 4.69) is 0 Å². The molecular formula is C6H11NaO6S. The van der Waals surface area contributed by atoms with Crippen LogP contribution in [0.4, 0.5) is 0 Å².